The number of benzene rings is 2. The Morgan fingerprint density at radius 3 is 1.96 bits per heavy atom. The molecule has 14 nitrogen and oxygen atoms in total. The number of aromatic nitrogens is 4. The van der Waals surface area contributed by atoms with Crippen molar-refractivity contribution in [2.45, 2.75) is 205 Å². The summed E-state index contributed by atoms with van der Waals surface area (Å²) in [5, 5.41) is 2.88. The minimum Gasteiger partial charge on any atom is -0.465 e. The van der Waals surface area contributed by atoms with Crippen LogP contribution in [0.1, 0.15) is 186 Å². The van der Waals surface area contributed by atoms with Gasteiger partial charge in [0.25, 0.3) is 0 Å². The summed E-state index contributed by atoms with van der Waals surface area (Å²) in [6, 6.07) is 16.4. The van der Waals surface area contributed by atoms with Gasteiger partial charge in [-0.1, -0.05) is 203 Å². The van der Waals surface area contributed by atoms with Gasteiger partial charge >= 0.3 is 25.8 Å². The summed E-state index contributed by atoms with van der Waals surface area (Å²) >= 11 is 0. The zero-order chi connectivity index (χ0) is 50.6. The number of hydrogen-bond donors (Lipinski definition) is 2. The number of halogens is 1. The van der Waals surface area contributed by atoms with Crippen molar-refractivity contribution in [3.8, 4) is 18.1 Å². The van der Waals surface area contributed by atoms with E-state index >= 15 is 4.57 Å². The van der Waals surface area contributed by atoms with Gasteiger partial charge in [-0.15, -0.1) is 6.42 Å². The van der Waals surface area contributed by atoms with Gasteiger partial charge in [0, 0.05) is 12.8 Å². The number of carbonyl (C=O) groups is 2. The number of nitrogens with zero attached hydrogens (tertiary/aromatic N) is 4. The van der Waals surface area contributed by atoms with Crippen LogP contribution in [0.5, 0.6) is 5.75 Å². The van der Waals surface area contributed by atoms with Crippen molar-refractivity contribution in [3.05, 3.63) is 78.6 Å². The molecule has 1 aliphatic heterocycles. The highest BCUT2D eigenvalue weighted by molar-refractivity contribution is 7.52. The molecule has 0 unspecified atom stereocenters. The summed E-state index contributed by atoms with van der Waals surface area (Å²) in [6.07, 6.45) is 31.4. The molecule has 3 heterocycles. The van der Waals surface area contributed by atoms with Crippen molar-refractivity contribution >= 4 is 36.7 Å². The maximum absolute atomic E-state index is 15.2. The molecule has 5 atom stereocenters. The normalized spacial score (nSPS) is 17.9. The molecule has 2 aromatic carbocycles. The number of nitrogen functional groups attached to an aromatic ring is 1. The predicted octanol–water partition coefficient (Wildman–Crippen LogP) is 13.1. The number of carbonyl (C=O) groups excluding carboxylic acids is 2. The Kier molecular flexibility index (Phi) is 25.4. The summed E-state index contributed by atoms with van der Waals surface area (Å²) in [5.74, 6) is 1.52. The van der Waals surface area contributed by atoms with E-state index in [1.165, 1.54) is 94.4 Å². The first-order valence-corrected chi connectivity index (χ1v) is 28.1. The number of fused-ring (bicyclic) bond motifs is 1. The highest BCUT2D eigenvalue weighted by Gasteiger charge is 2.53. The monoisotopic (exact) mass is 1000 g/mol. The van der Waals surface area contributed by atoms with Crippen LogP contribution in [0.2, 0.25) is 0 Å². The summed E-state index contributed by atoms with van der Waals surface area (Å²) in [4.78, 5) is 39.3. The maximum atomic E-state index is 15.2. The SMILES string of the molecule is C#C[C@]1(CO[P@@](=O)(N[C@@H](Cc2ccccc2)C(=O)OCCCCCCCC)Oc2ccccc2)O[C@@H](n2cnc3c(N)nc(F)nc32)C[C@@H]1OC(=O)CCCCCCCCCCCCCCCCCCC. The lowest BCUT2D eigenvalue weighted by Gasteiger charge is -2.31. The molecule has 16 heteroatoms. The second-order valence-electron chi connectivity index (χ2n) is 18.9. The Hall–Kier alpha value is -4.87. The standard InChI is InChI=1S/C55H80FN6O8P/c1-4-7-9-11-13-14-15-16-17-18-19-20-21-22-23-24-32-38-49(63)68-47-41-48(62-43-58-50-51(57)59-54(56)60-52(50)62)69-55(47,6-3)42-67-71(65,70-45-36-30-27-31-37-45)61-46(40-44-34-28-26-29-35-44)53(64)66-39-33-25-12-10-8-5-2/h3,26-31,34-37,43,46-48H,4-5,7-25,32-33,38-42H2,1-2H3,(H,61,65)(H2,57,59,60)/t46-,47-,48+,55+,71-/m0/s1. The smallest absolute Gasteiger partial charge is 0.459 e. The van der Waals surface area contributed by atoms with Gasteiger partial charge < -0.3 is 24.5 Å². The van der Waals surface area contributed by atoms with Crippen LogP contribution in [0.25, 0.3) is 11.2 Å². The lowest BCUT2D eigenvalue weighted by atomic mass is 9.98. The van der Waals surface area contributed by atoms with E-state index in [1.54, 1.807) is 30.3 Å². The Labute approximate surface area is 422 Å². The first-order chi connectivity index (χ1) is 34.6. The number of terminal acetylenes is 1. The van der Waals surface area contributed by atoms with Crippen molar-refractivity contribution in [2.75, 3.05) is 18.9 Å². The third-order valence-electron chi connectivity index (χ3n) is 13.1. The molecule has 0 spiro atoms. The lowest BCUT2D eigenvalue weighted by molar-refractivity contribution is -0.158. The highest BCUT2D eigenvalue weighted by Crippen LogP contribution is 2.49. The molecule has 0 amide bonds. The Bertz CT molecular complexity index is 2250. The first kappa shape index (κ1) is 57.0. The van der Waals surface area contributed by atoms with Crippen LogP contribution in [0.15, 0.2) is 67.0 Å². The van der Waals surface area contributed by atoms with E-state index in [9.17, 15) is 14.0 Å². The zero-order valence-electron chi connectivity index (χ0n) is 42.4. The second-order valence-corrected chi connectivity index (χ2v) is 20.6. The van der Waals surface area contributed by atoms with Gasteiger partial charge in [0.1, 0.15) is 30.7 Å². The number of anilines is 1. The predicted molar refractivity (Wildman–Crippen MR) is 277 cm³/mol. The average molecular weight is 1000 g/mol. The molecular formula is C55H80FN6O8P. The molecule has 1 saturated heterocycles. The molecule has 390 valence electrons. The fraction of sp³-hybridized carbons (Fsp3) is 0.618. The molecule has 1 aliphatic rings. The molecule has 5 rings (SSSR count). The number of esters is 2. The molecule has 0 bridgehead atoms. The lowest BCUT2D eigenvalue weighted by Crippen LogP contribution is -2.46. The Balaban J connectivity index is 1.24. The molecule has 4 aromatic rings. The molecule has 0 radical (unpaired) electrons. The number of unbranched alkanes of at least 4 members (excludes halogenated alkanes) is 21. The number of rotatable bonds is 37. The van der Waals surface area contributed by atoms with Gasteiger partial charge in [-0.05, 0) is 37.0 Å². The topological polar surface area (TPSA) is 179 Å². The number of nitrogens with two attached hydrogens (primary N) is 1. The minimum absolute atomic E-state index is 0.0327. The van der Waals surface area contributed by atoms with Crippen molar-refractivity contribution in [2.24, 2.45) is 0 Å². The van der Waals surface area contributed by atoms with Gasteiger partial charge in [-0.2, -0.15) is 19.4 Å². The molecule has 3 N–H and O–H groups in total. The Morgan fingerprint density at radius 1 is 0.831 bits per heavy atom. The van der Waals surface area contributed by atoms with E-state index in [2.05, 4.69) is 39.8 Å². The molecular weight excluding hydrogens is 923 g/mol. The third kappa shape index (κ3) is 19.6. The minimum atomic E-state index is -4.57. The van der Waals surface area contributed by atoms with E-state index in [0.717, 1.165) is 56.9 Å². The summed E-state index contributed by atoms with van der Waals surface area (Å²) in [7, 11) is -4.57. The summed E-state index contributed by atoms with van der Waals surface area (Å²) in [5.41, 5.74) is 5.06. The van der Waals surface area contributed by atoms with Crippen molar-refractivity contribution in [1.82, 2.24) is 24.6 Å². The summed E-state index contributed by atoms with van der Waals surface area (Å²) in [6.45, 7) is 3.98. The van der Waals surface area contributed by atoms with Crippen LogP contribution in [0.4, 0.5) is 10.2 Å². The van der Waals surface area contributed by atoms with Crippen LogP contribution in [-0.4, -0.2) is 62.4 Å². The van der Waals surface area contributed by atoms with Gasteiger partial charge in [0.05, 0.1) is 12.9 Å². The Morgan fingerprint density at radius 2 is 1.38 bits per heavy atom. The van der Waals surface area contributed by atoms with Crippen molar-refractivity contribution < 1.29 is 41.8 Å². The first-order valence-electron chi connectivity index (χ1n) is 26.6. The van der Waals surface area contributed by atoms with Gasteiger partial charge in [0.15, 0.2) is 22.6 Å². The number of ether oxygens (including phenoxy) is 3. The van der Waals surface area contributed by atoms with Gasteiger partial charge in [0.2, 0.25) is 0 Å². The largest absolute Gasteiger partial charge is 0.465 e. The quantitative estimate of drug-likeness (QED) is 0.0143. The molecule has 0 saturated carbocycles. The fourth-order valence-corrected chi connectivity index (χ4v) is 10.5. The van der Waals surface area contributed by atoms with Gasteiger partial charge in [-0.3, -0.25) is 18.7 Å². The second kappa shape index (κ2) is 31.6. The van der Waals surface area contributed by atoms with E-state index in [1.807, 2.05) is 30.3 Å². The molecule has 0 aliphatic carbocycles. The number of imidazole rings is 1. The molecule has 2 aromatic heterocycles. The zero-order valence-corrected chi connectivity index (χ0v) is 43.3. The fourth-order valence-electron chi connectivity index (χ4n) is 8.95. The van der Waals surface area contributed by atoms with E-state index in [4.69, 9.17) is 35.4 Å². The van der Waals surface area contributed by atoms with Crippen LogP contribution < -0.4 is 15.3 Å². The van der Waals surface area contributed by atoms with Crippen LogP contribution in [0.3, 0.4) is 0 Å². The number of hydrogen-bond acceptors (Lipinski definition) is 12. The molecule has 1 fully saturated rings. The number of nitrogens with one attached hydrogen (secondary N) is 1. The van der Waals surface area contributed by atoms with Crippen LogP contribution in [-0.2, 0) is 39.3 Å². The summed E-state index contributed by atoms with van der Waals surface area (Å²) < 4.78 is 61.9. The van der Waals surface area contributed by atoms with Crippen molar-refractivity contribution in [3.63, 3.8) is 0 Å². The maximum Gasteiger partial charge on any atom is 0.459 e. The van der Waals surface area contributed by atoms with Crippen molar-refractivity contribution in [1.29, 1.82) is 0 Å². The van der Waals surface area contributed by atoms with Crippen LogP contribution in [0, 0.1) is 18.4 Å². The average Bonchev–Trinajstić information content (AvgIpc) is 3.96. The molecule has 71 heavy (non-hydrogen) atoms. The third-order valence-corrected chi connectivity index (χ3v) is 14.6. The number of para-hydroxylation sites is 1. The van der Waals surface area contributed by atoms with E-state index < -0.39 is 56.3 Å². The van der Waals surface area contributed by atoms with E-state index in [0.29, 0.717) is 12.8 Å². The van der Waals surface area contributed by atoms with Crippen LogP contribution >= 0.6 is 7.75 Å². The van der Waals surface area contributed by atoms with E-state index in [-0.39, 0.29) is 48.6 Å². The van der Waals surface area contributed by atoms with Gasteiger partial charge in [-0.25, -0.2) is 9.55 Å². The highest BCUT2D eigenvalue weighted by atomic mass is 31.2.